The third-order valence-electron chi connectivity index (χ3n) is 3.74. The van der Waals surface area contributed by atoms with E-state index >= 15 is 0 Å². The minimum absolute atomic E-state index is 0.0891. The van der Waals surface area contributed by atoms with Crippen LogP contribution in [0.5, 0.6) is 0 Å². The maximum Gasteiger partial charge on any atom is 0.254 e. The Morgan fingerprint density at radius 2 is 1.94 bits per heavy atom. The maximum absolute atomic E-state index is 12.2. The number of hydrogen-bond acceptors (Lipinski definition) is 3. The number of carboxylic acid groups (broad SMARTS) is 1. The summed E-state index contributed by atoms with van der Waals surface area (Å²) in [4.78, 5) is 24.8. The van der Waals surface area contributed by atoms with E-state index in [1.54, 1.807) is 24.3 Å². The highest BCUT2D eigenvalue weighted by molar-refractivity contribution is 6.30. The summed E-state index contributed by atoms with van der Waals surface area (Å²) >= 11 is 5.76. The van der Waals surface area contributed by atoms with E-state index in [2.05, 4.69) is 0 Å². The summed E-state index contributed by atoms with van der Waals surface area (Å²) in [6.07, 6.45) is 0.892. The number of rotatable bonds is 2. The van der Waals surface area contributed by atoms with E-state index in [1.165, 1.54) is 4.90 Å². The molecule has 0 N–H and O–H groups in total. The molecule has 1 amide bonds. The number of halogens is 1. The standard InChI is InChI=1S/C13H12ClNO3/c14-9-3-1-7(2-4-9)12(16)15-6-8-5-10(8)11(15)13(17)18/h1-4,8,10-11H,5-6H2,(H,17,18)/p-1/t8-,10-,11+/m0/s1. The van der Waals surface area contributed by atoms with Crippen molar-refractivity contribution in [2.45, 2.75) is 12.5 Å². The molecule has 1 aromatic rings. The van der Waals surface area contributed by atoms with Gasteiger partial charge in [0.2, 0.25) is 0 Å². The molecule has 94 valence electrons. The van der Waals surface area contributed by atoms with Crippen molar-refractivity contribution in [3.63, 3.8) is 0 Å². The predicted molar refractivity (Wildman–Crippen MR) is 62.9 cm³/mol. The Morgan fingerprint density at radius 1 is 1.28 bits per heavy atom. The smallest absolute Gasteiger partial charge is 0.254 e. The summed E-state index contributed by atoms with van der Waals surface area (Å²) < 4.78 is 0. The van der Waals surface area contributed by atoms with Crippen molar-refractivity contribution >= 4 is 23.5 Å². The Balaban J connectivity index is 1.84. The van der Waals surface area contributed by atoms with E-state index in [0.717, 1.165) is 6.42 Å². The Hall–Kier alpha value is -1.55. The zero-order valence-electron chi connectivity index (χ0n) is 9.51. The summed E-state index contributed by atoms with van der Waals surface area (Å²) in [7, 11) is 0. The molecular weight excluding hydrogens is 254 g/mol. The Bertz CT molecular complexity index is 513. The second-order valence-electron chi connectivity index (χ2n) is 4.89. The van der Waals surface area contributed by atoms with Gasteiger partial charge in [0.1, 0.15) is 0 Å². The molecule has 1 saturated carbocycles. The van der Waals surface area contributed by atoms with Crippen LogP contribution in [-0.4, -0.2) is 29.4 Å². The summed E-state index contributed by atoms with van der Waals surface area (Å²) in [5.41, 5.74) is 0.465. The lowest BCUT2D eigenvalue weighted by Crippen LogP contribution is -2.49. The Labute approximate surface area is 109 Å². The summed E-state index contributed by atoms with van der Waals surface area (Å²) in [5.74, 6) is -0.981. The quantitative estimate of drug-likeness (QED) is 0.784. The Morgan fingerprint density at radius 3 is 2.56 bits per heavy atom. The summed E-state index contributed by atoms with van der Waals surface area (Å²) in [6, 6.07) is 5.71. The van der Waals surface area contributed by atoms with Crippen LogP contribution in [0.4, 0.5) is 0 Å². The molecule has 3 atom stereocenters. The predicted octanol–water partition coefficient (Wildman–Crippen LogP) is 0.550. The average molecular weight is 265 g/mol. The molecule has 2 fully saturated rings. The van der Waals surface area contributed by atoms with Gasteiger partial charge in [-0.1, -0.05) is 11.6 Å². The number of amides is 1. The highest BCUT2D eigenvalue weighted by Gasteiger charge is 2.54. The molecule has 4 nitrogen and oxygen atoms in total. The van der Waals surface area contributed by atoms with Crippen LogP contribution in [0, 0.1) is 11.8 Å². The molecule has 1 aliphatic heterocycles. The second-order valence-corrected chi connectivity index (χ2v) is 5.32. The van der Waals surface area contributed by atoms with Crippen molar-refractivity contribution in [3.05, 3.63) is 34.9 Å². The number of likely N-dealkylation sites (tertiary alicyclic amines) is 1. The lowest BCUT2D eigenvalue weighted by molar-refractivity contribution is -0.310. The molecule has 0 spiro atoms. The van der Waals surface area contributed by atoms with Gasteiger partial charge in [0.25, 0.3) is 5.91 Å². The average Bonchev–Trinajstić information content (AvgIpc) is 2.99. The first-order chi connectivity index (χ1) is 8.58. The van der Waals surface area contributed by atoms with E-state index in [-0.39, 0.29) is 11.8 Å². The maximum atomic E-state index is 12.2. The molecule has 1 saturated heterocycles. The number of carboxylic acids is 1. The molecule has 18 heavy (non-hydrogen) atoms. The van der Waals surface area contributed by atoms with Crippen molar-refractivity contribution in [2.24, 2.45) is 11.8 Å². The molecule has 0 unspecified atom stereocenters. The minimum Gasteiger partial charge on any atom is -0.548 e. The number of nitrogens with zero attached hydrogens (tertiary/aromatic N) is 1. The fourth-order valence-corrected chi connectivity index (χ4v) is 2.86. The van der Waals surface area contributed by atoms with Gasteiger partial charge >= 0.3 is 0 Å². The zero-order chi connectivity index (χ0) is 12.9. The van der Waals surface area contributed by atoms with E-state index < -0.39 is 12.0 Å². The molecule has 0 aromatic heterocycles. The van der Waals surface area contributed by atoms with Crippen LogP contribution in [0.2, 0.25) is 5.02 Å². The zero-order valence-corrected chi connectivity index (χ0v) is 10.3. The van der Waals surface area contributed by atoms with Crippen LogP contribution in [0.3, 0.4) is 0 Å². The molecule has 2 aliphatic rings. The van der Waals surface area contributed by atoms with Crippen LogP contribution in [0.25, 0.3) is 0 Å². The van der Waals surface area contributed by atoms with Gasteiger partial charge in [0.05, 0.1) is 12.0 Å². The van der Waals surface area contributed by atoms with Crippen LogP contribution >= 0.6 is 11.6 Å². The number of carbonyl (C=O) groups is 2. The minimum atomic E-state index is -1.15. The first-order valence-electron chi connectivity index (χ1n) is 5.85. The van der Waals surface area contributed by atoms with Gasteiger partial charge in [0.15, 0.2) is 0 Å². The topological polar surface area (TPSA) is 60.4 Å². The molecule has 1 aliphatic carbocycles. The third kappa shape index (κ3) is 1.77. The molecule has 5 heteroatoms. The largest absolute Gasteiger partial charge is 0.548 e. The Kier molecular flexibility index (Phi) is 2.55. The van der Waals surface area contributed by atoms with Gasteiger partial charge in [-0.25, -0.2) is 0 Å². The molecule has 1 aromatic carbocycles. The normalized spacial score (nSPS) is 28.9. The number of fused-ring (bicyclic) bond motifs is 1. The highest BCUT2D eigenvalue weighted by Crippen LogP contribution is 2.49. The van der Waals surface area contributed by atoms with Gasteiger partial charge in [-0.3, -0.25) is 4.79 Å². The molecule has 0 radical (unpaired) electrons. The van der Waals surface area contributed by atoms with Crippen molar-refractivity contribution in [1.29, 1.82) is 0 Å². The van der Waals surface area contributed by atoms with E-state index in [9.17, 15) is 14.7 Å². The first-order valence-corrected chi connectivity index (χ1v) is 6.23. The first kappa shape index (κ1) is 11.5. The van der Waals surface area contributed by atoms with Crippen molar-refractivity contribution in [1.82, 2.24) is 4.90 Å². The summed E-state index contributed by atoms with van der Waals surface area (Å²) in [6.45, 7) is 0.519. The number of hydrogen-bond donors (Lipinski definition) is 0. The monoisotopic (exact) mass is 264 g/mol. The SMILES string of the molecule is O=C([O-])[C@H]1[C@H]2C[C@H]2CN1C(=O)c1ccc(Cl)cc1. The number of carbonyl (C=O) groups excluding carboxylic acids is 2. The molecule has 0 bridgehead atoms. The number of piperidine rings is 1. The fourth-order valence-electron chi connectivity index (χ4n) is 2.73. The van der Waals surface area contributed by atoms with E-state index in [1.807, 2.05) is 0 Å². The van der Waals surface area contributed by atoms with E-state index in [0.29, 0.717) is 23.0 Å². The second kappa shape index (κ2) is 3.99. The fraction of sp³-hybridized carbons (Fsp3) is 0.385. The van der Waals surface area contributed by atoms with Crippen LogP contribution < -0.4 is 5.11 Å². The molecule has 3 rings (SSSR count). The molecular formula is C13H11ClNO3-. The van der Waals surface area contributed by atoms with Gasteiger partial charge < -0.3 is 14.8 Å². The van der Waals surface area contributed by atoms with Crippen LogP contribution in [-0.2, 0) is 4.79 Å². The highest BCUT2D eigenvalue weighted by atomic mass is 35.5. The van der Waals surface area contributed by atoms with Crippen LogP contribution in [0.1, 0.15) is 16.8 Å². The van der Waals surface area contributed by atoms with Crippen molar-refractivity contribution < 1.29 is 14.7 Å². The van der Waals surface area contributed by atoms with Gasteiger partial charge in [0, 0.05) is 17.1 Å². The van der Waals surface area contributed by atoms with Gasteiger partial charge in [-0.15, -0.1) is 0 Å². The lowest BCUT2D eigenvalue weighted by Gasteiger charge is -2.28. The third-order valence-corrected chi connectivity index (χ3v) is 4.00. The van der Waals surface area contributed by atoms with Crippen molar-refractivity contribution in [2.75, 3.05) is 6.54 Å². The van der Waals surface area contributed by atoms with E-state index in [4.69, 9.17) is 11.6 Å². The van der Waals surface area contributed by atoms with Crippen LogP contribution in [0.15, 0.2) is 24.3 Å². The summed E-state index contributed by atoms with van der Waals surface area (Å²) in [5, 5.41) is 11.7. The van der Waals surface area contributed by atoms with Gasteiger partial charge in [-0.05, 0) is 42.5 Å². The number of aliphatic carboxylic acids is 1. The molecule has 1 heterocycles. The lowest BCUT2D eigenvalue weighted by atomic mass is 10.1. The van der Waals surface area contributed by atoms with Crippen molar-refractivity contribution in [3.8, 4) is 0 Å². The van der Waals surface area contributed by atoms with Gasteiger partial charge in [-0.2, -0.15) is 0 Å². The number of benzene rings is 1.